The molecule has 0 unspecified atom stereocenters. The fraction of sp³-hybridized carbons (Fsp3) is 0.167. The van der Waals surface area contributed by atoms with Gasteiger partial charge in [0.1, 0.15) is 0 Å². The van der Waals surface area contributed by atoms with Gasteiger partial charge in [0.25, 0.3) is 5.95 Å². The number of rotatable bonds is 1. The molecular formula is C6H6N6. The maximum atomic E-state index is 3.93. The lowest BCUT2D eigenvalue weighted by molar-refractivity contribution is 0.708. The van der Waals surface area contributed by atoms with Crippen LogP contribution in [0.4, 0.5) is 0 Å². The maximum Gasteiger partial charge on any atom is 0.288 e. The number of hydrogen-bond donors (Lipinski definition) is 0. The first kappa shape index (κ1) is 6.84. The van der Waals surface area contributed by atoms with Crippen LogP contribution in [0.2, 0.25) is 0 Å². The van der Waals surface area contributed by atoms with E-state index < -0.39 is 0 Å². The van der Waals surface area contributed by atoms with Crippen LogP contribution in [0.25, 0.3) is 5.95 Å². The van der Waals surface area contributed by atoms with Crippen molar-refractivity contribution in [1.82, 2.24) is 30.2 Å². The molecule has 0 aliphatic carbocycles. The van der Waals surface area contributed by atoms with Crippen molar-refractivity contribution in [3.05, 3.63) is 24.3 Å². The predicted molar refractivity (Wildman–Crippen MR) is 39.5 cm³/mol. The van der Waals surface area contributed by atoms with E-state index in [2.05, 4.69) is 25.5 Å². The summed E-state index contributed by atoms with van der Waals surface area (Å²) < 4.78 is 1.50. The summed E-state index contributed by atoms with van der Waals surface area (Å²) in [7, 11) is 0. The molecule has 0 amide bonds. The van der Waals surface area contributed by atoms with Crippen molar-refractivity contribution in [3.8, 4) is 5.95 Å². The molecule has 0 radical (unpaired) electrons. The Morgan fingerprint density at radius 1 is 1.17 bits per heavy atom. The van der Waals surface area contributed by atoms with Crippen LogP contribution in [0.1, 0.15) is 5.82 Å². The molecule has 2 heterocycles. The number of aryl methyl sites for hydroxylation is 1. The Kier molecular flexibility index (Phi) is 1.51. The van der Waals surface area contributed by atoms with Crippen molar-refractivity contribution in [2.75, 3.05) is 0 Å². The highest BCUT2D eigenvalue weighted by Crippen LogP contribution is 1.92. The Morgan fingerprint density at radius 3 is 2.50 bits per heavy atom. The summed E-state index contributed by atoms with van der Waals surface area (Å²) >= 11 is 0. The zero-order chi connectivity index (χ0) is 8.39. The molecular weight excluding hydrogens is 156 g/mol. The molecule has 2 aromatic heterocycles. The van der Waals surface area contributed by atoms with Gasteiger partial charge in [0.15, 0.2) is 5.82 Å². The Morgan fingerprint density at radius 2 is 1.92 bits per heavy atom. The van der Waals surface area contributed by atoms with Crippen LogP contribution in [0.5, 0.6) is 0 Å². The molecule has 0 bridgehead atoms. The van der Waals surface area contributed by atoms with Crippen molar-refractivity contribution in [1.29, 1.82) is 0 Å². The Bertz CT molecular complexity index is 350. The van der Waals surface area contributed by atoms with Crippen LogP contribution in [0, 0.1) is 6.92 Å². The highest BCUT2D eigenvalue weighted by molar-refractivity contribution is 5.02. The highest BCUT2D eigenvalue weighted by atomic mass is 15.4. The minimum Gasteiger partial charge on any atom is -0.204 e. The van der Waals surface area contributed by atoms with E-state index in [1.165, 1.54) is 4.68 Å². The summed E-state index contributed by atoms with van der Waals surface area (Å²) in [5.74, 6) is 0.927. The largest absolute Gasteiger partial charge is 0.288 e. The standard InChI is InChI=1S/C6H6N6/c1-5-8-10-6(11-9-5)12-4-2-3-7-12/h2-4H,1H3. The van der Waals surface area contributed by atoms with E-state index in [1.54, 1.807) is 25.4 Å². The molecule has 0 fully saturated rings. The quantitative estimate of drug-likeness (QED) is 0.578. The molecule has 0 N–H and O–H groups in total. The van der Waals surface area contributed by atoms with Crippen LogP contribution >= 0.6 is 0 Å². The van der Waals surface area contributed by atoms with E-state index in [9.17, 15) is 0 Å². The molecule has 0 saturated heterocycles. The molecule has 0 aromatic carbocycles. The second-order valence-corrected chi connectivity index (χ2v) is 2.20. The third-order valence-corrected chi connectivity index (χ3v) is 1.28. The number of aromatic nitrogens is 6. The minimum absolute atomic E-state index is 0.380. The summed E-state index contributed by atoms with van der Waals surface area (Å²) in [4.78, 5) is 0. The van der Waals surface area contributed by atoms with E-state index in [-0.39, 0.29) is 0 Å². The molecule has 6 nitrogen and oxygen atoms in total. The lowest BCUT2D eigenvalue weighted by atomic mass is 10.7. The van der Waals surface area contributed by atoms with Gasteiger partial charge in [-0.15, -0.1) is 20.4 Å². The first-order chi connectivity index (χ1) is 5.86. The van der Waals surface area contributed by atoms with Crippen molar-refractivity contribution < 1.29 is 0 Å². The molecule has 60 valence electrons. The SMILES string of the molecule is Cc1nnc(-n2cccn2)nn1. The van der Waals surface area contributed by atoms with Gasteiger partial charge in [-0.3, -0.25) is 0 Å². The summed E-state index contributed by atoms with van der Waals surface area (Å²) in [6.45, 7) is 1.73. The van der Waals surface area contributed by atoms with Gasteiger partial charge in [-0.1, -0.05) is 0 Å². The Balaban J connectivity index is 2.43. The fourth-order valence-corrected chi connectivity index (χ4v) is 0.753. The monoisotopic (exact) mass is 162 g/mol. The fourth-order valence-electron chi connectivity index (χ4n) is 0.753. The third-order valence-electron chi connectivity index (χ3n) is 1.28. The molecule has 2 aromatic rings. The highest BCUT2D eigenvalue weighted by Gasteiger charge is 1.99. The van der Waals surface area contributed by atoms with Crippen LogP contribution in [0.3, 0.4) is 0 Å². The summed E-state index contributed by atoms with van der Waals surface area (Å²) in [5, 5.41) is 19.0. The first-order valence-electron chi connectivity index (χ1n) is 3.40. The van der Waals surface area contributed by atoms with Crippen molar-refractivity contribution >= 4 is 0 Å². The molecule has 0 aliphatic heterocycles. The maximum absolute atomic E-state index is 3.93. The smallest absolute Gasteiger partial charge is 0.204 e. The van der Waals surface area contributed by atoms with E-state index in [4.69, 9.17) is 0 Å². The lowest BCUT2D eigenvalue weighted by Crippen LogP contribution is -2.06. The van der Waals surface area contributed by atoms with Gasteiger partial charge >= 0.3 is 0 Å². The third kappa shape index (κ3) is 1.14. The topological polar surface area (TPSA) is 69.4 Å². The normalized spacial score (nSPS) is 10.1. The molecule has 6 heteroatoms. The van der Waals surface area contributed by atoms with Gasteiger partial charge in [0.05, 0.1) is 0 Å². The van der Waals surface area contributed by atoms with Crippen molar-refractivity contribution in [3.63, 3.8) is 0 Å². The summed E-state index contributed by atoms with van der Waals surface area (Å²) in [6.07, 6.45) is 3.37. The van der Waals surface area contributed by atoms with Gasteiger partial charge in [0, 0.05) is 12.4 Å². The first-order valence-corrected chi connectivity index (χ1v) is 3.40. The predicted octanol–water partition coefficient (Wildman–Crippen LogP) is -0.239. The number of nitrogens with zero attached hydrogens (tertiary/aromatic N) is 6. The zero-order valence-corrected chi connectivity index (χ0v) is 6.42. The zero-order valence-electron chi connectivity index (χ0n) is 6.42. The Hall–Kier alpha value is -1.85. The van der Waals surface area contributed by atoms with Gasteiger partial charge in [-0.25, -0.2) is 4.68 Å². The molecule has 0 aliphatic rings. The average molecular weight is 162 g/mol. The second kappa shape index (κ2) is 2.65. The molecule has 2 rings (SSSR count). The van der Waals surface area contributed by atoms with E-state index >= 15 is 0 Å². The van der Waals surface area contributed by atoms with Gasteiger partial charge in [-0.2, -0.15) is 5.10 Å². The van der Waals surface area contributed by atoms with Crippen LogP contribution < -0.4 is 0 Å². The average Bonchev–Trinajstić information content (AvgIpc) is 2.58. The number of hydrogen-bond acceptors (Lipinski definition) is 5. The van der Waals surface area contributed by atoms with Crippen LogP contribution in [-0.4, -0.2) is 30.2 Å². The van der Waals surface area contributed by atoms with E-state index in [0.29, 0.717) is 11.8 Å². The van der Waals surface area contributed by atoms with Crippen molar-refractivity contribution in [2.45, 2.75) is 6.92 Å². The minimum atomic E-state index is 0.380. The lowest BCUT2D eigenvalue weighted by Gasteiger charge is -1.94. The van der Waals surface area contributed by atoms with Gasteiger partial charge in [0.2, 0.25) is 0 Å². The van der Waals surface area contributed by atoms with Crippen molar-refractivity contribution in [2.24, 2.45) is 0 Å². The van der Waals surface area contributed by atoms with Gasteiger partial charge in [-0.05, 0) is 13.0 Å². The van der Waals surface area contributed by atoms with Crippen LogP contribution in [0.15, 0.2) is 18.5 Å². The molecule has 0 atom stereocenters. The van der Waals surface area contributed by atoms with E-state index in [0.717, 1.165) is 0 Å². The second-order valence-electron chi connectivity index (χ2n) is 2.20. The molecule has 0 saturated carbocycles. The summed E-state index contributed by atoms with van der Waals surface area (Å²) in [5.41, 5.74) is 0. The molecule has 0 spiro atoms. The Labute approximate surface area is 68.3 Å². The summed E-state index contributed by atoms with van der Waals surface area (Å²) in [6, 6.07) is 1.78. The van der Waals surface area contributed by atoms with Gasteiger partial charge < -0.3 is 0 Å². The molecule has 12 heavy (non-hydrogen) atoms. The van der Waals surface area contributed by atoms with E-state index in [1.807, 2.05) is 0 Å². The van der Waals surface area contributed by atoms with Crippen LogP contribution in [-0.2, 0) is 0 Å².